The average molecular weight is 292 g/mol. The maximum absolute atomic E-state index is 12.5. The number of hydrogen-bond donors (Lipinski definition) is 1. The maximum atomic E-state index is 12.5. The van der Waals surface area contributed by atoms with Crippen molar-refractivity contribution in [3.05, 3.63) is 22.3 Å². The van der Waals surface area contributed by atoms with Crippen LogP contribution in [0.4, 0.5) is 22.0 Å². The first-order chi connectivity index (χ1) is 8.11. The lowest BCUT2D eigenvalue weighted by Gasteiger charge is -2.11. The molecule has 0 aromatic carbocycles. The molecule has 0 aliphatic carbocycles. The number of aromatic carboxylic acids is 1. The molecule has 0 amide bonds. The number of nitrogens with zero attached hydrogens (tertiary/aromatic N) is 1. The van der Waals surface area contributed by atoms with Gasteiger partial charge in [-0.25, -0.2) is 18.6 Å². The van der Waals surface area contributed by atoms with Crippen LogP contribution in [0.1, 0.15) is 22.5 Å². The normalized spacial score (nSPS) is 11.7. The number of ether oxygens (including phenoxy) is 1. The van der Waals surface area contributed by atoms with Crippen LogP contribution in [-0.2, 0) is 0 Å². The number of carbonyl (C=O) groups is 1. The summed E-state index contributed by atoms with van der Waals surface area (Å²) in [5.74, 6) is -3.17. The third kappa shape index (κ3) is 3.42. The molecule has 0 spiro atoms. The highest BCUT2D eigenvalue weighted by Crippen LogP contribution is 2.33. The van der Waals surface area contributed by atoms with Crippen LogP contribution in [0.3, 0.4) is 0 Å². The molecule has 100 valence electrons. The van der Waals surface area contributed by atoms with E-state index in [0.29, 0.717) is 6.07 Å². The van der Waals surface area contributed by atoms with Gasteiger partial charge in [-0.3, -0.25) is 0 Å². The second-order valence-corrected chi connectivity index (χ2v) is 3.27. The summed E-state index contributed by atoms with van der Waals surface area (Å²) in [7, 11) is 0. The Labute approximate surface area is 101 Å². The van der Waals surface area contributed by atoms with Gasteiger partial charge in [-0.1, -0.05) is 11.6 Å². The second kappa shape index (κ2) is 4.92. The van der Waals surface area contributed by atoms with Gasteiger partial charge in [0.05, 0.1) is 10.6 Å². The van der Waals surface area contributed by atoms with Crippen molar-refractivity contribution in [3.8, 4) is 5.88 Å². The van der Waals surface area contributed by atoms with Crippen LogP contribution in [0.25, 0.3) is 0 Å². The molecular weight excluding hydrogens is 289 g/mol. The van der Waals surface area contributed by atoms with Crippen LogP contribution < -0.4 is 4.74 Å². The fourth-order valence-electron chi connectivity index (χ4n) is 1.04. The van der Waals surface area contributed by atoms with E-state index in [1.165, 1.54) is 0 Å². The summed E-state index contributed by atoms with van der Waals surface area (Å²) >= 11 is 5.27. The molecule has 0 aliphatic heterocycles. The van der Waals surface area contributed by atoms with E-state index in [4.69, 9.17) is 16.7 Å². The molecule has 0 atom stereocenters. The summed E-state index contributed by atoms with van der Waals surface area (Å²) in [6.07, 6.45) is -8.44. The van der Waals surface area contributed by atoms with Crippen molar-refractivity contribution in [2.75, 3.05) is 0 Å². The Balaban J connectivity index is 3.32. The summed E-state index contributed by atoms with van der Waals surface area (Å²) < 4.78 is 63.8. The number of pyridine rings is 1. The van der Waals surface area contributed by atoms with Crippen molar-refractivity contribution in [2.24, 2.45) is 0 Å². The van der Waals surface area contributed by atoms with E-state index in [1.807, 2.05) is 0 Å². The van der Waals surface area contributed by atoms with Crippen molar-refractivity contribution < 1.29 is 36.6 Å². The SMILES string of the molecule is O=C(O)c1nc(OC(F)(F)F)cc(Cl)c1C(F)F. The predicted molar refractivity (Wildman–Crippen MR) is 47.8 cm³/mol. The molecular formula is C8H3ClF5NO3. The zero-order valence-corrected chi connectivity index (χ0v) is 8.89. The minimum absolute atomic E-state index is 0.364. The van der Waals surface area contributed by atoms with Gasteiger partial charge >= 0.3 is 12.3 Å². The highest BCUT2D eigenvalue weighted by Gasteiger charge is 2.33. The zero-order valence-electron chi connectivity index (χ0n) is 8.13. The molecule has 0 fully saturated rings. The van der Waals surface area contributed by atoms with Crippen LogP contribution in [0.5, 0.6) is 5.88 Å². The molecule has 0 saturated carbocycles. The Morgan fingerprint density at radius 2 is 2.00 bits per heavy atom. The molecule has 1 rings (SSSR count). The quantitative estimate of drug-likeness (QED) is 0.868. The molecule has 0 saturated heterocycles. The van der Waals surface area contributed by atoms with Crippen molar-refractivity contribution in [1.82, 2.24) is 4.98 Å². The number of hydrogen-bond acceptors (Lipinski definition) is 3. The van der Waals surface area contributed by atoms with Gasteiger partial charge in [0.15, 0.2) is 5.69 Å². The molecule has 1 aromatic heterocycles. The topological polar surface area (TPSA) is 59.4 Å². The van der Waals surface area contributed by atoms with Crippen molar-refractivity contribution >= 4 is 17.6 Å². The fraction of sp³-hybridized carbons (Fsp3) is 0.250. The molecule has 1 N–H and O–H groups in total. The van der Waals surface area contributed by atoms with Gasteiger partial charge in [0.2, 0.25) is 5.88 Å². The van der Waals surface area contributed by atoms with E-state index >= 15 is 0 Å². The molecule has 0 unspecified atom stereocenters. The largest absolute Gasteiger partial charge is 0.574 e. The molecule has 10 heteroatoms. The van der Waals surface area contributed by atoms with Gasteiger partial charge in [0, 0.05) is 6.07 Å². The van der Waals surface area contributed by atoms with Crippen molar-refractivity contribution in [3.63, 3.8) is 0 Å². The predicted octanol–water partition coefficient (Wildman–Crippen LogP) is 3.27. The van der Waals surface area contributed by atoms with E-state index < -0.39 is 40.9 Å². The van der Waals surface area contributed by atoms with Gasteiger partial charge < -0.3 is 9.84 Å². The average Bonchev–Trinajstić information content (AvgIpc) is 2.12. The minimum atomic E-state index is -5.14. The van der Waals surface area contributed by atoms with Crippen molar-refractivity contribution in [1.29, 1.82) is 0 Å². The third-order valence-corrected chi connectivity index (χ3v) is 1.94. The Kier molecular flexibility index (Phi) is 3.95. The molecule has 0 bridgehead atoms. The lowest BCUT2D eigenvalue weighted by atomic mass is 10.2. The van der Waals surface area contributed by atoms with E-state index in [1.54, 1.807) is 0 Å². The van der Waals surface area contributed by atoms with E-state index in [0.717, 1.165) is 0 Å². The lowest BCUT2D eigenvalue weighted by molar-refractivity contribution is -0.276. The third-order valence-electron chi connectivity index (χ3n) is 1.63. The first-order valence-electron chi connectivity index (χ1n) is 4.09. The van der Waals surface area contributed by atoms with Crippen LogP contribution in [0, 0.1) is 0 Å². The molecule has 18 heavy (non-hydrogen) atoms. The summed E-state index contributed by atoms with van der Waals surface area (Å²) in [6.45, 7) is 0. The number of rotatable bonds is 3. The zero-order chi connectivity index (χ0) is 14.1. The summed E-state index contributed by atoms with van der Waals surface area (Å²) in [5, 5.41) is 7.69. The Bertz CT molecular complexity index is 477. The van der Waals surface area contributed by atoms with Gasteiger partial charge in [0.1, 0.15) is 0 Å². The number of halogens is 6. The number of alkyl halides is 5. The molecule has 0 radical (unpaired) electrons. The Morgan fingerprint density at radius 1 is 1.44 bits per heavy atom. The Hall–Kier alpha value is -1.64. The monoisotopic (exact) mass is 291 g/mol. The standard InChI is InChI=1S/C8H3ClF5NO3/c9-2-1-3(18-8(12,13)14)15-5(7(16)17)4(2)6(10)11/h1,6H,(H,16,17). The summed E-state index contributed by atoms with van der Waals surface area (Å²) in [5.41, 5.74) is -2.46. The number of carboxylic acid groups (broad SMARTS) is 1. The smallest absolute Gasteiger partial charge is 0.476 e. The molecule has 1 aromatic rings. The van der Waals surface area contributed by atoms with Crippen LogP contribution in [0.15, 0.2) is 6.07 Å². The fourth-order valence-corrected chi connectivity index (χ4v) is 1.31. The highest BCUT2D eigenvalue weighted by atomic mass is 35.5. The number of aromatic nitrogens is 1. The van der Waals surface area contributed by atoms with E-state index in [9.17, 15) is 26.7 Å². The van der Waals surface area contributed by atoms with Gasteiger partial charge in [-0.15, -0.1) is 13.2 Å². The Morgan fingerprint density at radius 3 is 2.39 bits per heavy atom. The van der Waals surface area contributed by atoms with Crippen LogP contribution >= 0.6 is 11.6 Å². The molecule has 0 aliphatic rings. The van der Waals surface area contributed by atoms with Gasteiger partial charge in [0.25, 0.3) is 6.43 Å². The van der Waals surface area contributed by atoms with Crippen LogP contribution in [-0.4, -0.2) is 22.4 Å². The molecule has 4 nitrogen and oxygen atoms in total. The first kappa shape index (κ1) is 14.4. The van der Waals surface area contributed by atoms with E-state index in [2.05, 4.69) is 9.72 Å². The second-order valence-electron chi connectivity index (χ2n) is 2.86. The minimum Gasteiger partial charge on any atom is -0.476 e. The lowest BCUT2D eigenvalue weighted by Crippen LogP contribution is -2.19. The molecule has 1 heterocycles. The maximum Gasteiger partial charge on any atom is 0.574 e. The summed E-state index contributed by atoms with van der Waals surface area (Å²) in [6, 6.07) is 0.364. The van der Waals surface area contributed by atoms with Gasteiger partial charge in [-0.2, -0.15) is 0 Å². The van der Waals surface area contributed by atoms with E-state index in [-0.39, 0.29) is 0 Å². The number of carboxylic acids is 1. The first-order valence-corrected chi connectivity index (χ1v) is 4.47. The summed E-state index contributed by atoms with van der Waals surface area (Å²) in [4.78, 5) is 13.4. The highest BCUT2D eigenvalue weighted by molar-refractivity contribution is 6.31. The van der Waals surface area contributed by atoms with Crippen LogP contribution in [0.2, 0.25) is 5.02 Å². The van der Waals surface area contributed by atoms with Crippen molar-refractivity contribution in [2.45, 2.75) is 12.8 Å². The van der Waals surface area contributed by atoms with Gasteiger partial charge in [-0.05, 0) is 0 Å².